The minimum atomic E-state index is -1.30. The Morgan fingerprint density at radius 3 is 1.86 bits per heavy atom. The number of rotatable bonds is 14. The molecule has 3 aliphatic carbocycles. The average molecular weight is 800 g/mol. The highest BCUT2D eigenvalue weighted by molar-refractivity contribution is 5.98. The lowest BCUT2D eigenvalue weighted by Gasteiger charge is -2.58. The number of carboxylic acids is 1. The molecule has 1 heterocycles. The molecule has 314 valence electrons. The van der Waals surface area contributed by atoms with Gasteiger partial charge < -0.3 is 29.4 Å². The molecule has 13 heteroatoms. The van der Waals surface area contributed by atoms with E-state index in [2.05, 4.69) is 24.3 Å². The van der Waals surface area contributed by atoms with Crippen molar-refractivity contribution in [2.75, 3.05) is 48.4 Å². The molecule has 5 amide bonds. The van der Waals surface area contributed by atoms with E-state index < -0.39 is 59.9 Å². The lowest BCUT2D eigenvalue weighted by molar-refractivity contribution is -0.174. The Labute approximate surface area is 342 Å². The summed E-state index contributed by atoms with van der Waals surface area (Å²) in [5.41, 5.74) is 2.69. The van der Waals surface area contributed by atoms with Crippen LogP contribution >= 0.6 is 0 Å². The highest BCUT2D eigenvalue weighted by Crippen LogP contribution is 2.57. The summed E-state index contributed by atoms with van der Waals surface area (Å²) in [5.74, 6) is -3.50. The molecule has 0 aromatic heterocycles. The van der Waals surface area contributed by atoms with Gasteiger partial charge in [-0.1, -0.05) is 89.1 Å². The van der Waals surface area contributed by atoms with Gasteiger partial charge in [0.25, 0.3) is 0 Å². The molecule has 2 saturated carbocycles. The molecule has 0 bridgehead atoms. The summed E-state index contributed by atoms with van der Waals surface area (Å²) < 4.78 is 6.09. The fraction of sp³-hybridized carbons (Fsp3) is 0.600. The van der Waals surface area contributed by atoms with Crippen LogP contribution in [0.3, 0.4) is 0 Å². The van der Waals surface area contributed by atoms with E-state index in [0.29, 0.717) is 38.6 Å². The van der Waals surface area contributed by atoms with Crippen LogP contribution in [0.2, 0.25) is 0 Å². The number of likely N-dealkylation sites (tertiary alicyclic amines) is 1. The van der Waals surface area contributed by atoms with Crippen molar-refractivity contribution in [3.63, 3.8) is 0 Å². The fourth-order valence-corrected chi connectivity index (χ4v) is 10.3. The van der Waals surface area contributed by atoms with E-state index in [1.165, 1.54) is 35.8 Å². The van der Waals surface area contributed by atoms with E-state index in [1.807, 2.05) is 52.0 Å². The minimum Gasteiger partial charge on any atom is -0.481 e. The smallest absolute Gasteiger partial charge is 0.410 e. The SMILES string of the molecule is CCC(CC)[C@@H](C(=O)N(C)[C@@H](CC(=O)O)C(=O)N(C)C)N(C)C(=O)C1(N(C)C(=O)[C@@H]2CC3(CC3)CN2C(=O)OCC2c3ccccc3-c3ccccc32)CC(C)(C)C1. The third-order valence-electron chi connectivity index (χ3n) is 13.6. The second-order valence-electron chi connectivity index (χ2n) is 18.3. The van der Waals surface area contributed by atoms with Gasteiger partial charge in [-0.15, -0.1) is 0 Å². The van der Waals surface area contributed by atoms with Crippen LogP contribution in [0.15, 0.2) is 48.5 Å². The summed E-state index contributed by atoms with van der Waals surface area (Å²) in [6.45, 7) is 8.46. The number of carboxylic acid groups (broad SMARTS) is 1. The molecule has 4 aliphatic rings. The van der Waals surface area contributed by atoms with Gasteiger partial charge in [0.05, 0.1) is 6.42 Å². The van der Waals surface area contributed by atoms with Gasteiger partial charge in [0, 0.05) is 47.7 Å². The third kappa shape index (κ3) is 7.68. The largest absolute Gasteiger partial charge is 0.481 e. The highest BCUT2D eigenvalue weighted by atomic mass is 16.6. The molecule has 2 aromatic rings. The Morgan fingerprint density at radius 1 is 0.828 bits per heavy atom. The summed E-state index contributed by atoms with van der Waals surface area (Å²) in [7, 11) is 7.62. The molecule has 1 aliphatic heterocycles. The van der Waals surface area contributed by atoms with E-state index in [9.17, 15) is 29.1 Å². The van der Waals surface area contributed by atoms with Gasteiger partial charge in [-0.3, -0.25) is 28.9 Å². The molecule has 6 rings (SSSR count). The number of carbonyl (C=O) groups is 6. The van der Waals surface area contributed by atoms with Gasteiger partial charge in [-0.2, -0.15) is 0 Å². The number of carbonyl (C=O) groups excluding carboxylic acids is 5. The number of likely N-dealkylation sites (N-methyl/N-ethyl adjacent to an activating group) is 4. The van der Waals surface area contributed by atoms with E-state index in [0.717, 1.165) is 40.0 Å². The van der Waals surface area contributed by atoms with Crippen LogP contribution in [-0.2, 0) is 28.7 Å². The van der Waals surface area contributed by atoms with Gasteiger partial charge in [0.2, 0.25) is 23.6 Å². The van der Waals surface area contributed by atoms with Gasteiger partial charge in [0.15, 0.2) is 0 Å². The minimum absolute atomic E-state index is 0.127. The number of nitrogens with zero attached hydrogens (tertiary/aromatic N) is 5. The first-order valence-electron chi connectivity index (χ1n) is 20.7. The van der Waals surface area contributed by atoms with Crippen molar-refractivity contribution in [3.05, 3.63) is 59.7 Å². The van der Waals surface area contributed by atoms with Crippen molar-refractivity contribution < 1.29 is 38.6 Å². The number of amides is 5. The maximum Gasteiger partial charge on any atom is 0.410 e. The van der Waals surface area contributed by atoms with Crippen molar-refractivity contribution in [3.8, 4) is 11.1 Å². The zero-order valence-electron chi connectivity index (χ0n) is 35.6. The summed E-state index contributed by atoms with van der Waals surface area (Å²) in [6, 6.07) is 13.1. The Morgan fingerprint density at radius 2 is 1.38 bits per heavy atom. The summed E-state index contributed by atoms with van der Waals surface area (Å²) in [5, 5.41) is 9.68. The molecule has 13 nitrogen and oxygen atoms in total. The van der Waals surface area contributed by atoms with E-state index in [1.54, 1.807) is 19.0 Å². The predicted octanol–water partition coefficient (Wildman–Crippen LogP) is 5.46. The first-order chi connectivity index (χ1) is 27.3. The zero-order chi connectivity index (χ0) is 42.5. The standard InChI is InChI=1S/C45H61N5O8/c1-10-28(11-2)37(40(55)47(7)34(22-36(51)52)38(53)46(5)6)48(8)41(56)45(25-43(3,4)26-45)49(9)39(54)35-23-44(20-21-44)27-50(35)42(57)58-24-33-31-18-14-12-16-29(31)30-17-13-15-19-32(30)33/h12-19,28,33-35,37H,10-11,20-27H2,1-9H3,(H,51,52)/t34-,35-,37-/m0/s1. The second kappa shape index (κ2) is 16.0. The van der Waals surface area contributed by atoms with E-state index in [-0.39, 0.29) is 35.2 Å². The average Bonchev–Trinajstić information content (AvgIpc) is 3.72. The first-order valence-corrected chi connectivity index (χ1v) is 20.7. The second-order valence-corrected chi connectivity index (χ2v) is 18.3. The van der Waals surface area contributed by atoms with Crippen molar-refractivity contribution in [2.24, 2.45) is 16.7 Å². The van der Waals surface area contributed by atoms with E-state index in [4.69, 9.17) is 4.74 Å². The molecule has 2 aromatic carbocycles. The van der Waals surface area contributed by atoms with Crippen LogP contribution in [0.25, 0.3) is 11.1 Å². The molecular formula is C45H61N5O8. The van der Waals surface area contributed by atoms with Crippen LogP contribution in [-0.4, -0.2) is 137 Å². The highest BCUT2D eigenvalue weighted by Gasteiger charge is 2.63. The lowest BCUT2D eigenvalue weighted by Crippen LogP contribution is -2.71. The number of aliphatic carboxylic acids is 1. The number of benzene rings is 2. The Balaban J connectivity index is 1.25. The first kappa shape index (κ1) is 42.7. The van der Waals surface area contributed by atoms with Crippen LogP contribution in [0, 0.1) is 16.7 Å². The molecule has 0 radical (unpaired) electrons. The number of hydrogen-bond donors (Lipinski definition) is 1. The van der Waals surface area contributed by atoms with Crippen LogP contribution < -0.4 is 0 Å². The predicted molar refractivity (Wildman–Crippen MR) is 218 cm³/mol. The Bertz CT molecular complexity index is 1900. The number of fused-ring (bicyclic) bond motifs is 3. The maximum absolute atomic E-state index is 15.1. The molecule has 58 heavy (non-hydrogen) atoms. The quantitative estimate of drug-likeness (QED) is 0.265. The van der Waals surface area contributed by atoms with Crippen LogP contribution in [0.5, 0.6) is 0 Å². The van der Waals surface area contributed by atoms with Gasteiger partial charge >= 0.3 is 12.1 Å². The third-order valence-corrected chi connectivity index (χ3v) is 13.6. The Kier molecular flexibility index (Phi) is 11.8. The molecule has 3 fully saturated rings. The Hall–Kier alpha value is -4.94. The molecule has 1 spiro atoms. The van der Waals surface area contributed by atoms with Crippen molar-refractivity contribution in [1.29, 1.82) is 0 Å². The molecule has 1 N–H and O–H groups in total. The van der Waals surface area contributed by atoms with Gasteiger partial charge in [-0.25, -0.2) is 4.79 Å². The monoisotopic (exact) mass is 799 g/mol. The van der Waals surface area contributed by atoms with Crippen molar-refractivity contribution in [2.45, 2.75) is 109 Å². The fourth-order valence-electron chi connectivity index (χ4n) is 10.3. The van der Waals surface area contributed by atoms with Gasteiger partial charge in [-0.05, 0) is 71.1 Å². The van der Waals surface area contributed by atoms with Gasteiger partial charge in [0.1, 0.15) is 30.3 Å². The van der Waals surface area contributed by atoms with Crippen LogP contribution in [0.4, 0.5) is 4.79 Å². The summed E-state index contributed by atoms with van der Waals surface area (Å²) in [6.07, 6.45) is 2.91. The van der Waals surface area contributed by atoms with E-state index >= 15 is 4.79 Å². The summed E-state index contributed by atoms with van der Waals surface area (Å²) in [4.78, 5) is 90.5. The molecule has 0 unspecified atom stereocenters. The van der Waals surface area contributed by atoms with Crippen molar-refractivity contribution in [1.82, 2.24) is 24.5 Å². The lowest BCUT2D eigenvalue weighted by atomic mass is 9.57. The normalized spacial score (nSPS) is 20.3. The molecule has 1 saturated heterocycles. The molecular weight excluding hydrogens is 739 g/mol. The number of hydrogen-bond acceptors (Lipinski definition) is 7. The van der Waals surface area contributed by atoms with Crippen LogP contribution in [0.1, 0.15) is 96.1 Å². The maximum atomic E-state index is 15.1. The molecule has 3 atom stereocenters. The number of ether oxygens (including phenoxy) is 1. The van der Waals surface area contributed by atoms with Crippen molar-refractivity contribution >= 4 is 35.7 Å². The summed E-state index contributed by atoms with van der Waals surface area (Å²) >= 11 is 0. The zero-order valence-corrected chi connectivity index (χ0v) is 35.6. The topological polar surface area (TPSA) is 148 Å².